The van der Waals surface area contributed by atoms with Crippen molar-refractivity contribution in [1.29, 1.82) is 5.41 Å². The van der Waals surface area contributed by atoms with Crippen LogP contribution in [0, 0.1) is 12.3 Å². The molecular formula is C29H42ClN3O3. The maximum absolute atomic E-state index is 13.5. The maximum Gasteiger partial charge on any atom is 0.182 e. The van der Waals surface area contributed by atoms with E-state index < -0.39 is 0 Å². The number of carbonyl (C=O) groups excluding carboxylic acids is 1. The molecule has 0 unspecified atom stereocenters. The number of hydrogen-bond acceptors (Lipinski definition) is 5. The lowest BCUT2D eigenvalue weighted by Crippen LogP contribution is -2.31. The van der Waals surface area contributed by atoms with Crippen molar-refractivity contribution in [3.63, 3.8) is 0 Å². The highest BCUT2D eigenvalue weighted by Crippen LogP contribution is 2.40. The molecule has 0 saturated heterocycles. The molecule has 1 aromatic heterocycles. The zero-order valence-electron chi connectivity index (χ0n) is 23.3. The summed E-state index contributed by atoms with van der Waals surface area (Å²) in [5, 5.41) is 19.8. The molecule has 1 aliphatic rings. The van der Waals surface area contributed by atoms with E-state index in [-0.39, 0.29) is 47.2 Å². The van der Waals surface area contributed by atoms with Gasteiger partial charge in [0.25, 0.3) is 0 Å². The van der Waals surface area contributed by atoms with Gasteiger partial charge in [0.15, 0.2) is 5.78 Å². The lowest BCUT2D eigenvalue weighted by Gasteiger charge is -2.28. The Labute approximate surface area is 222 Å². The van der Waals surface area contributed by atoms with Crippen molar-refractivity contribution in [2.75, 3.05) is 13.2 Å². The van der Waals surface area contributed by atoms with Crippen LogP contribution in [0.3, 0.4) is 0 Å². The minimum Gasteiger partial charge on any atom is -0.507 e. The minimum atomic E-state index is -0.316. The van der Waals surface area contributed by atoms with Crippen LogP contribution >= 0.6 is 12.4 Å². The van der Waals surface area contributed by atoms with Gasteiger partial charge in [0.1, 0.15) is 23.0 Å². The van der Waals surface area contributed by atoms with E-state index in [1.165, 1.54) is 0 Å². The zero-order valence-corrected chi connectivity index (χ0v) is 24.1. The molecule has 36 heavy (non-hydrogen) atoms. The molecule has 0 amide bonds. The number of rotatable bonds is 7. The van der Waals surface area contributed by atoms with Crippen molar-refractivity contribution in [2.45, 2.75) is 92.5 Å². The molecule has 0 bridgehead atoms. The first-order chi connectivity index (χ1) is 16.2. The second-order valence-corrected chi connectivity index (χ2v) is 11.6. The number of aromatic hydroxyl groups is 1. The second kappa shape index (κ2) is 10.8. The highest BCUT2D eigenvalue weighted by atomic mass is 35.5. The monoisotopic (exact) mass is 515 g/mol. The quantitative estimate of drug-likeness (QED) is 0.411. The molecule has 6 nitrogen and oxygen atoms in total. The molecule has 2 aromatic rings. The van der Waals surface area contributed by atoms with E-state index in [0.717, 1.165) is 46.5 Å². The van der Waals surface area contributed by atoms with E-state index in [4.69, 9.17) is 15.1 Å². The van der Waals surface area contributed by atoms with Gasteiger partial charge in [-0.3, -0.25) is 10.2 Å². The number of nitrogens with zero attached hydrogens (tertiary/aromatic N) is 2. The van der Waals surface area contributed by atoms with Crippen molar-refractivity contribution in [3.8, 4) is 11.5 Å². The Morgan fingerprint density at radius 2 is 1.67 bits per heavy atom. The lowest BCUT2D eigenvalue weighted by atomic mass is 9.78. The van der Waals surface area contributed by atoms with Crippen LogP contribution in [0.25, 0.3) is 0 Å². The highest BCUT2D eigenvalue weighted by molar-refractivity contribution is 6.05. The first kappa shape index (κ1) is 29.6. The number of ether oxygens (including phenoxy) is 1. The summed E-state index contributed by atoms with van der Waals surface area (Å²) >= 11 is 0. The van der Waals surface area contributed by atoms with Gasteiger partial charge < -0.3 is 14.7 Å². The smallest absolute Gasteiger partial charge is 0.182 e. The number of nitrogens with one attached hydrogen (secondary N) is 1. The van der Waals surface area contributed by atoms with Crippen LogP contribution in [-0.4, -0.2) is 39.8 Å². The van der Waals surface area contributed by atoms with E-state index in [2.05, 4.69) is 6.92 Å². The predicted octanol–water partition coefficient (Wildman–Crippen LogP) is 6.49. The topological polar surface area (TPSA) is 86.5 Å². The summed E-state index contributed by atoms with van der Waals surface area (Å²) < 4.78 is 5.93. The molecule has 1 aromatic carbocycles. The Kier molecular flexibility index (Phi) is 8.88. The Balaban J connectivity index is 0.00000456. The van der Waals surface area contributed by atoms with Gasteiger partial charge in [-0.1, -0.05) is 54.9 Å². The van der Waals surface area contributed by atoms with Crippen LogP contribution in [0.4, 0.5) is 0 Å². The van der Waals surface area contributed by atoms with Crippen molar-refractivity contribution in [1.82, 2.24) is 9.88 Å². The number of aryl methyl sites for hydroxylation is 1. The van der Waals surface area contributed by atoms with Gasteiger partial charge in [-0.05, 0) is 43.2 Å². The van der Waals surface area contributed by atoms with Crippen LogP contribution in [0.2, 0.25) is 0 Å². The van der Waals surface area contributed by atoms with Crippen LogP contribution in [0.5, 0.6) is 11.5 Å². The molecule has 2 heterocycles. The number of aromatic nitrogens is 1. The third kappa shape index (κ3) is 5.69. The fourth-order valence-electron chi connectivity index (χ4n) is 4.67. The molecule has 1 aliphatic heterocycles. The Hall–Kier alpha value is -2.60. The van der Waals surface area contributed by atoms with Gasteiger partial charge in [0, 0.05) is 34.4 Å². The molecule has 0 spiro atoms. The number of benzene rings is 1. The Morgan fingerprint density at radius 3 is 2.14 bits per heavy atom. The molecule has 0 atom stereocenters. The average Bonchev–Trinajstić information content (AvgIpc) is 3.05. The average molecular weight is 516 g/mol. The Bertz CT molecular complexity index is 1120. The molecule has 2 N–H and O–H groups in total. The van der Waals surface area contributed by atoms with Crippen LogP contribution in [0.15, 0.2) is 12.1 Å². The molecule has 7 heteroatoms. The van der Waals surface area contributed by atoms with Crippen LogP contribution in [-0.2, 0) is 23.8 Å². The summed E-state index contributed by atoms with van der Waals surface area (Å²) in [6.07, 6.45) is 1.72. The summed E-state index contributed by atoms with van der Waals surface area (Å²) in [5.41, 5.74) is 4.95. The summed E-state index contributed by atoms with van der Waals surface area (Å²) in [5.74, 6) is 1.28. The van der Waals surface area contributed by atoms with Crippen molar-refractivity contribution in [2.24, 2.45) is 0 Å². The summed E-state index contributed by atoms with van der Waals surface area (Å²) in [4.78, 5) is 20.1. The molecule has 198 valence electrons. The standard InChI is InChI=1S/C29H41N3O3.ClH/c1-10-12-22-26(35-11-2)17(3)19-15-32(27(30)24(19)31-22)16-23(33)18-13-20(28(4,5)6)25(34)21(14-18)29(7,8)9;/h13-14,30,34H,10-12,15-16H2,1-9H3;1H. The van der Waals surface area contributed by atoms with Gasteiger partial charge in [-0.2, -0.15) is 0 Å². The third-order valence-corrected chi connectivity index (χ3v) is 6.64. The number of halogens is 1. The van der Waals surface area contributed by atoms with Crippen molar-refractivity contribution < 1.29 is 14.6 Å². The van der Waals surface area contributed by atoms with Gasteiger partial charge in [-0.15, -0.1) is 12.4 Å². The molecule has 3 rings (SSSR count). The van der Waals surface area contributed by atoms with Crippen molar-refractivity contribution >= 4 is 24.0 Å². The van der Waals surface area contributed by atoms with E-state index in [0.29, 0.717) is 24.4 Å². The fourth-order valence-corrected chi connectivity index (χ4v) is 4.67. The molecule has 0 saturated carbocycles. The van der Waals surface area contributed by atoms with Gasteiger partial charge >= 0.3 is 0 Å². The largest absolute Gasteiger partial charge is 0.507 e. The van der Waals surface area contributed by atoms with E-state index in [1.54, 1.807) is 4.90 Å². The fraction of sp³-hybridized carbons (Fsp3) is 0.552. The maximum atomic E-state index is 13.5. The first-order valence-corrected chi connectivity index (χ1v) is 12.6. The first-order valence-electron chi connectivity index (χ1n) is 12.6. The number of pyridine rings is 1. The highest BCUT2D eigenvalue weighted by Gasteiger charge is 2.33. The molecule has 0 aliphatic carbocycles. The molecule has 0 fully saturated rings. The zero-order chi connectivity index (χ0) is 26.3. The number of ketones is 1. The number of phenols is 1. The number of hydrogen-bond donors (Lipinski definition) is 2. The third-order valence-electron chi connectivity index (χ3n) is 6.64. The lowest BCUT2D eigenvalue weighted by molar-refractivity contribution is 0.0962. The minimum absolute atomic E-state index is 0. The summed E-state index contributed by atoms with van der Waals surface area (Å²) in [6, 6.07) is 3.63. The number of Topliss-reactive ketones (excluding diaryl/α,β-unsaturated/α-hetero) is 1. The van der Waals surface area contributed by atoms with Gasteiger partial charge in [0.2, 0.25) is 0 Å². The molecular weight excluding hydrogens is 474 g/mol. The van der Waals surface area contributed by atoms with E-state index in [9.17, 15) is 9.90 Å². The number of carbonyl (C=O) groups is 1. The number of phenolic OH excluding ortho intramolecular Hbond substituents is 1. The summed E-state index contributed by atoms with van der Waals surface area (Å²) in [6.45, 7) is 19.4. The van der Waals surface area contributed by atoms with E-state index >= 15 is 0 Å². The Morgan fingerprint density at radius 1 is 1.11 bits per heavy atom. The SMILES string of the molecule is CCCc1nc2c(c(C)c1OCC)CN(CC(=O)c1cc(C(C)(C)C)c(O)c(C(C)(C)C)c1)C2=N.Cl. The van der Waals surface area contributed by atoms with Crippen LogP contribution in [0.1, 0.15) is 106 Å². The number of fused-ring (bicyclic) bond motifs is 1. The normalized spacial score (nSPS) is 13.5. The number of amidine groups is 1. The van der Waals surface area contributed by atoms with Gasteiger partial charge in [0.05, 0.1) is 18.8 Å². The van der Waals surface area contributed by atoms with Gasteiger partial charge in [-0.25, -0.2) is 4.98 Å². The summed E-state index contributed by atoms with van der Waals surface area (Å²) in [7, 11) is 0. The van der Waals surface area contributed by atoms with E-state index in [1.807, 2.05) is 67.5 Å². The van der Waals surface area contributed by atoms with Crippen molar-refractivity contribution in [3.05, 3.63) is 51.3 Å². The predicted molar refractivity (Wildman–Crippen MR) is 148 cm³/mol. The molecule has 0 radical (unpaired) electrons. The van der Waals surface area contributed by atoms with Crippen LogP contribution < -0.4 is 4.74 Å². The second-order valence-electron chi connectivity index (χ2n) is 11.6.